The first kappa shape index (κ1) is 18.6. The molecule has 29 heavy (non-hydrogen) atoms. The molecule has 0 aliphatic heterocycles. The number of pyridine rings is 1. The third kappa shape index (κ3) is 3.67. The number of benzene rings is 1. The molecule has 0 aliphatic rings. The minimum absolute atomic E-state index is 0.140. The fourth-order valence-corrected chi connectivity index (χ4v) is 3.31. The second kappa shape index (κ2) is 7.71. The van der Waals surface area contributed by atoms with Gasteiger partial charge in [-0.05, 0) is 44.2 Å². The molecule has 1 amide bonds. The lowest BCUT2D eigenvalue weighted by atomic mass is 10.1. The van der Waals surface area contributed by atoms with Gasteiger partial charge in [0.2, 0.25) is 5.95 Å². The van der Waals surface area contributed by atoms with Gasteiger partial charge in [0.25, 0.3) is 5.91 Å². The number of fused-ring (bicyclic) bond motifs is 1. The summed E-state index contributed by atoms with van der Waals surface area (Å²) in [5, 5.41) is 6.91. The Morgan fingerprint density at radius 3 is 2.79 bits per heavy atom. The minimum atomic E-state index is -0.140. The molecule has 0 bridgehead atoms. The van der Waals surface area contributed by atoms with Gasteiger partial charge in [-0.15, -0.1) is 0 Å². The van der Waals surface area contributed by atoms with Crippen LogP contribution in [0.3, 0.4) is 0 Å². The standard InChI is InChI=1S/C22H22N6O/c1-14(2)28-13-18(17-7-9-24-12-20(17)28)19-8-10-25-22(27-19)26-16-6-4-5-15(11-16)21(29)23-3/h4-14H,1-3H3,(H,23,29)(H,25,26,27). The van der Waals surface area contributed by atoms with Crippen LogP contribution in [-0.2, 0) is 0 Å². The lowest BCUT2D eigenvalue weighted by molar-refractivity contribution is 0.0963. The molecule has 0 aliphatic carbocycles. The van der Waals surface area contributed by atoms with Crippen molar-refractivity contribution in [3.8, 4) is 11.3 Å². The highest BCUT2D eigenvalue weighted by atomic mass is 16.1. The van der Waals surface area contributed by atoms with Crippen molar-refractivity contribution >= 4 is 28.4 Å². The van der Waals surface area contributed by atoms with Crippen LogP contribution in [0, 0.1) is 0 Å². The summed E-state index contributed by atoms with van der Waals surface area (Å²) in [5.41, 5.74) is 4.24. The smallest absolute Gasteiger partial charge is 0.251 e. The average Bonchev–Trinajstić information content (AvgIpc) is 3.14. The van der Waals surface area contributed by atoms with Crippen LogP contribution >= 0.6 is 0 Å². The Bertz CT molecular complexity index is 1180. The van der Waals surface area contributed by atoms with Gasteiger partial charge in [0.1, 0.15) is 0 Å². The highest BCUT2D eigenvalue weighted by Crippen LogP contribution is 2.31. The molecular formula is C22H22N6O. The predicted molar refractivity (Wildman–Crippen MR) is 114 cm³/mol. The third-order valence-corrected chi connectivity index (χ3v) is 4.73. The number of amides is 1. The minimum Gasteiger partial charge on any atom is -0.355 e. The van der Waals surface area contributed by atoms with E-state index in [2.05, 4.69) is 45.2 Å². The van der Waals surface area contributed by atoms with Gasteiger partial charge in [-0.3, -0.25) is 9.78 Å². The lowest BCUT2D eigenvalue weighted by Gasteiger charge is -2.08. The van der Waals surface area contributed by atoms with Crippen molar-refractivity contribution in [1.82, 2.24) is 24.8 Å². The van der Waals surface area contributed by atoms with Crippen LogP contribution in [0.2, 0.25) is 0 Å². The van der Waals surface area contributed by atoms with E-state index in [4.69, 9.17) is 4.98 Å². The van der Waals surface area contributed by atoms with Crippen molar-refractivity contribution in [1.29, 1.82) is 0 Å². The normalized spacial score (nSPS) is 11.0. The molecule has 7 heteroatoms. The van der Waals surface area contributed by atoms with Crippen molar-refractivity contribution in [2.75, 3.05) is 12.4 Å². The van der Waals surface area contributed by atoms with Crippen LogP contribution in [0.15, 0.2) is 61.2 Å². The number of nitrogens with zero attached hydrogens (tertiary/aromatic N) is 4. The molecule has 0 radical (unpaired) electrons. The van der Waals surface area contributed by atoms with Crippen molar-refractivity contribution in [2.24, 2.45) is 0 Å². The number of rotatable bonds is 5. The second-order valence-corrected chi connectivity index (χ2v) is 6.99. The SMILES string of the molecule is CNC(=O)c1cccc(Nc2nccc(-c3cn(C(C)C)c4cnccc34)n2)c1. The van der Waals surface area contributed by atoms with E-state index in [1.54, 1.807) is 31.6 Å². The van der Waals surface area contributed by atoms with Crippen molar-refractivity contribution in [3.63, 3.8) is 0 Å². The summed E-state index contributed by atoms with van der Waals surface area (Å²) in [6.07, 6.45) is 7.51. The Morgan fingerprint density at radius 1 is 1.14 bits per heavy atom. The number of carbonyl (C=O) groups excluding carboxylic acids is 1. The maximum atomic E-state index is 11.9. The van der Waals surface area contributed by atoms with E-state index in [0.717, 1.165) is 27.8 Å². The zero-order valence-corrected chi connectivity index (χ0v) is 16.5. The molecule has 146 valence electrons. The summed E-state index contributed by atoms with van der Waals surface area (Å²) < 4.78 is 2.19. The van der Waals surface area contributed by atoms with Crippen LogP contribution in [0.25, 0.3) is 22.2 Å². The number of hydrogen-bond acceptors (Lipinski definition) is 5. The lowest BCUT2D eigenvalue weighted by Crippen LogP contribution is -2.17. The second-order valence-electron chi connectivity index (χ2n) is 6.99. The van der Waals surface area contributed by atoms with Gasteiger partial charge in [-0.2, -0.15) is 0 Å². The summed E-state index contributed by atoms with van der Waals surface area (Å²) >= 11 is 0. The van der Waals surface area contributed by atoms with Crippen LogP contribution in [0.4, 0.5) is 11.6 Å². The Kier molecular flexibility index (Phi) is 4.95. The first-order chi connectivity index (χ1) is 14.1. The molecule has 0 saturated heterocycles. The number of nitrogens with one attached hydrogen (secondary N) is 2. The van der Waals surface area contributed by atoms with E-state index in [0.29, 0.717) is 17.6 Å². The molecule has 7 nitrogen and oxygen atoms in total. The number of hydrogen-bond donors (Lipinski definition) is 2. The molecule has 4 rings (SSSR count). The van der Waals surface area contributed by atoms with E-state index in [-0.39, 0.29) is 5.91 Å². The van der Waals surface area contributed by atoms with Crippen LogP contribution in [0.5, 0.6) is 0 Å². The molecule has 0 spiro atoms. The van der Waals surface area contributed by atoms with E-state index < -0.39 is 0 Å². The molecule has 4 aromatic rings. The van der Waals surface area contributed by atoms with Crippen molar-refractivity contribution in [3.05, 3.63) is 66.7 Å². The molecule has 0 unspecified atom stereocenters. The molecule has 0 saturated carbocycles. The summed E-state index contributed by atoms with van der Waals surface area (Å²) in [4.78, 5) is 25.2. The average molecular weight is 386 g/mol. The highest BCUT2D eigenvalue weighted by molar-refractivity contribution is 5.95. The molecule has 0 atom stereocenters. The Balaban J connectivity index is 1.70. The molecule has 3 aromatic heterocycles. The fourth-order valence-electron chi connectivity index (χ4n) is 3.31. The van der Waals surface area contributed by atoms with Crippen LogP contribution in [-0.4, -0.2) is 32.5 Å². The first-order valence-corrected chi connectivity index (χ1v) is 9.44. The van der Waals surface area contributed by atoms with E-state index >= 15 is 0 Å². The van der Waals surface area contributed by atoms with Crippen molar-refractivity contribution < 1.29 is 4.79 Å². The predicted octanol–water partition coefficient (Wildman–Crippen LogP) is 4.18. The van der Waals surface area contributed by atoms with Gasteiger partial charge in [-0.25, -0.2) is 9.97 Å². The van der Waals surface area contributed by atoms with E-state index in [1.165, 1.54) is 0 Å². The molecule has 0 fully saturated rings. The largest absolute Gasteiger partial charge is 0.355 e. The van der Waals surface area contributed by atoms with Gasteiger partial charge < -0.3 is 15.2 Å². The first-order valence-electron chi connectivity index (χ1n) is 9.44. The Labute approximate surface area is 168 Å². The molecule has 2 N–H and O–H groups in total. The number of carbonyl (C=O) groups is 1. The summed E-state index contributed by atoms with van der Waals surface area (Å²) in [6.45, 7) is 4.28. The van der Waals surface area contributed by atoms with Gasteiger partial charge in [0.05, 0.1) is 17.4 Å². The Morgan fingerprint density at radius 2 is 2.00 bits per heavy atom. The molecule has 1 aromatic carbocycles. The highest BCUT2D eigenvalue weighted by Gasteiger charge is 2.14. The zero-order valence-electron chi connectivity index (χ0n) is 16.5. The summed E-state index contributed by atoms with van der Waals surface area (Å²) in [6, 6.07) is 11.4. The van der Waals surface area contributed by atoms with Gasteiger partial charge in [0, 0.05) is 53.9 Å². The Hall–Kier alpha value is -3.74. The third-order valence-electron chi connectivity index (χ3n) is 4.73. The maximum Gasteiger partial charge on any atom is 0.251 e. The monoisotopic (exact) mass is 386 g/mol. The quantitative estimate of drug-likeness (QED) is 0.538. The fraction of sp³-hybridized carbons (Fsp3) is 0.182. The summed E-state index contributed by atoms with van der Waals surface area (Å²) in [5.74, 6) is 0.328. The number of aromatic nitrogens is 4. The van der Waals surface area contributed by atoms with Crippen LogP contribution in [0.1, 0.15) is 30.2 Å². The van der Waals surface area contributed by atoms with Gasteiger partial charge in [-0.1, -0.05) is 6.07 Å². The maximum absolute atomic E-state index is 11.9. The zero-order chi connectivity index (χ0) is 20.4. The topological polar surface area (TPSA) is 84.7 Å². The van der Waals surface area contributed by atoms with E-state index in [9.17, 15) is 4.79 Å². The molecule has 3 heterocycles. The van der Waals surface area contributed by atoms with Gasteiger partial charge >= 0.3 is 0 Å². The van der Waals surface area contributed by atoms with Crippen molar-refractivity contribution in [2.45, 2.75) is 19.9 Å². The molecular weight excluding hydrogens is 364 g/mol. The number of anilines is 2. The van der Waals surface area contributed by atoms with Gasteiger partial charge in [0.15, 0.2) is 0 Å². The van der Waals surface area contributed by atoms with E-state index in [1.807, 2.05) is 30.5 Å². The van der Waals surface area contributed by atoms with Crippen LogP contribution < -0.4 is 10.6 Å². The summed E-state index contributed by atoms with van der Waals surface area (Å²) in [7, 11) is 1.61.